The Morgan fingerprint density at radius 3 is 1.11 bits per heavy atom. The molecule has 0 unspecified atom stereocenters. The van der Waals surface area contributed by atoms with Crippen LogP contribution in [0.2, 0.25) is 0 Å². The number of benzene rings is 1. The topological polar surface area (TPSA) is 493 Å². The summed E-state index contributed by atoms with van der Waals surface area (Å²) in [6, 6.07) is 24.3. The van der Waals surface area contributed by atoms with Gasteiger partial charge in [0.05, 0.1) is 47.2 Å². The standard InChI is InChI=1S/C12H17NO4S.C12H14O4S.C9H11NO4S.3C8H9NO4S/c1-12(2,3)9-4-5-10(13-8-9)18(16,17)7-6-11(14)15;1-8-3-4-10(7-9(8)2)17(15,16)12(5-6-12)11(13)14;11-9(12)5-3-7-15(13,14)8-4-1-2-6-10-8;1-6-2-3-7(9-4-6)14(12,13)5-8(10)11;2*10-8(11)4-6-14(12,13)7-3-1-2-5-9-7/h4-5,8H,6-7H2,1-3H3,(H,14,15);3-4,7H,5-6H2,1-2H3,(H,13,14);1-2,4,6H,3,5,7H2,(H,11,12);2-4H,5H2,1H3,(H,10,11);2*1-3,5H,4,6H2,(H,10,11). The summed E-state index contributed by atoms with van der Waals surface area (Å²) in [7, 11) is -21.7. The molecule has 0 amide bonds. The van der Waals surface area contributed by atoms with E-state index in [2.05, 4.69) is 24.9 Å². The van der Waals surface area contributed by atoms with Crippen molar-refractivity contribution < 1.29 is 110 Å². The summed E-state index contributed by atoms with van der Waals surface area (Å²) in [6.07, 6.45) is 6.16. The number of aromatic nitrogens is 5. The van der Waals surface area contributed by atoms with Crippen molar-refractivity contribution in [1.29, 1.82) is 0 Å². The molecule has 5 heterocycles. The number of hydrogen-bond acceptors (Lipinski definition) is 23. The van der Waals surface area contributed by atoms with E-state index in [1.54, 1.807) is 67.6 Å². The Bertz CT molecular complexity index is 4130. The molecule has 0 atom stereocenters. The van der Waals surface area contributed by atoms with Crippen molar-refractivity contribution in [3.05, 3.63) is 150 Å². The van der Waals surface area contributed by atoms with E-state index in [0.717, 1.165) is 22.3 Å². The van der Waals surface area contributed by atoms with Gasteiger partial charge in [-0.3, -0.25) is 28.8 Å². The maximum absolute atomic E-state index is 12.2. The average molecular weight is 1400 g/mol. The molecule has 1 aromatic carbocycles. The molecule has 0 saturated heterocycles. The van der Waals surface area contributed by atoms with Crippen LogP contribution in [0.1, 0.15) is 88.0 Å². The van der Waals surface area contributed by atoms with Crippen molar-refractivity contribution in [3.63, 3.8) is 0 Å². The molecule has 0 aliphatic heterocycles. The fraction of sp³-hybridized carbons (Fsp3) is 0.351. The highest BCUT2D eigenvalue weighted by Gasteiger charge is 2.61. The van der Waals surface area contributed by atoms with Gasteiger partial charge in [0.25, 0.3) is 0 Å². The van der Waals surface area contributed by atoms with Crippen LogP contribution in [-0.4, -0.2) is 175 Å². The molecule has 502 valence electrons. The molecule has 6 N–H and O–H groups in total. The van der Waals surface area contributed by atoms with Crippen LogP contribution >= 0.6 is 0 Å². The highest BCUT2D eigenvalue weighted by Crippen LogP contribution is 2.47. The molecule has 92 heavy (non-hydrogen) atoms. The van der Waals surface area contributed by atoms with Gasteiger partial charge >= 0.3 is 35.8 Å². The molecular formula is C57H69N5O24S6. The number of carbonyl (C=O) groups is 6. The fourth-order valence-electron chi connectivity index (χ4n) is 6.79. The molecule has 1 aliphatic rings. The molecule has 6 aromatic rings. The minimum atomic E-state index is -3.79. The zero-order chi connectivity index (χ0) is 70.1. The van der Waals surface area contributed by atoms with Crippen LogP contribution in [0.5, 0.6) is 0 Å². The molecular weight excluding hydrogens is 1330 g/mol. The number of aryl methyl sites for hydroxylation is 3. The van der Waals surface area contributed by atoms with Gasteiger partial charge in [0.2, 0.25) is 9.84 Å². The lowest BCUT2D eigenvalue weighted by atomic mass is 9.88. The Morgan fingerprint density at radius 2 is 0.804 bits per heavy atom. The molecule has 35 heteroatoms. The largest absolute Gasteiger partial charge is 0.481 e. The van der Waals surface area contributed by atoms with Crippen LogP contribution in [0.15, 0.2) is 158 Å². The summed E-state index contributed by atoms with van der Waals surface area (Å²) in [5.41, 5.74) is 3.49. The van der Waals surface area contributed by atoms with Crippen LogP contribution in [-0.2, 0) is 93.2 Å². The average Bonchev–Trinajstić information content (AvgIpc) is 1.57. The number of nitrogens with zero attached hydrogens (tertiary/aromatic N) is 5. The molecule has 0 bridgehead atoms. The Morgan fingerprint density at radius 1 is 0.424 bits per heavy atom. The Labute approximate surface area is 532 Å². The van der Waals surface area contributed by atoms with Crippen molar-refractivity contribution in [1.82, 2.24) is 24.9 Å². The summed E-state index contributed by atoms with van der Waals surface area (Å²) in [5.74, 6) is -9.39. The van der Waals surface area contributed by atoms with E-state index in [1.807, 2.05) is 34.6 Å². The van der Waals surface area contributed by atoms with Crippen LogP contribution in [0, 0.1) is 20.8 Å². The van der Waals surface area contributed by atoms with E-state index in [1.165, 1.54) is 67.4 Å². The second-order valence-corrected chi connectivity index (χ2v) is 33.1. The highest BCUT2D eigenvalue weighted by molar-refractivity contribution is 7.94. The SMILES string of the molecule is CC(C)(C)c1ccc(S(=O)(=O)CCC(=O)O)nc1.Cc1ccc(S(=O)(=O)C2(C(=O)O)CC2)cc1C.Cc1ccc(S(=O)(=O)CC(=O)O)nc1.O=C(O)CCCS(=O)(=O)c1ccccn1.O=C(O)CCS(=O)(=O)c1ccccn1.O=C(O)CCS(=O)(=O)c1ccccn1. The summed E-state index contributed by atoms with van der Waals surface area (Å²) in [4.78, 5) is 81.0. The molecule has 0 radical (unpaired) electrons. The molecule has 1 fully saturated rings. The second-order valence-electron chi connectivity index (χ2n) is 20.7. The maximum atomic E-state index is 12.2. The first-order valence-corrected chi connectivity index (χ1v) is 36.6. The van der Waals surface area contributed by atoms with Crippen molar-refractivity contribution in [2.45, 2.75) is 127 Å². The van der Waals surface area contributed by atoms with E-state index in [4.69, 9.17) is 30.6 Å². The predicted octanol–water partition coefficient (Wildman–Crippen LogP) is 4.95. The third-order valence-corrected chi connectivity index (χ3v) is 22.8. The summed E-state index contributed by atoms with van der Waals surface area (Å²) in [6.45, 7) is 11.5. The molecule has 1 aliphatic carbocycles. The first-order valence-electron chi connectivity index (χ1n) is 26.8. The lowest BCUT2D eigenvalue weighted by molar-refractivity contribution is -0.138. The van der Waals surface area contributed by atoms with Gasteiger partial charge in [0.15, 0.2) is 84.8 Å². The van der Waals surface area contributed by atoms with E-state index >= 15 is 0 Å². The smallest absolute Gasteiger partial charge is 0.325 e. The van der Waals surface area contributed by atoms with Gasteiger partial charge in [0, 0.05) is 37.4 Å². The fourth-order valence-corrected chi connectivity index (χ4v) is 14.4. The molecule has 29 nitrogen and oxygen atoms in total. The Kier molecular flexibility index (Phi) is 30.1. The van der Waals surface area contributed by atoms with Gasteiger partial charge in [0.1, 0.15) is 0 Å². The van der Waals surface area contributed by atoms with Crippen molar-refractivity contribution in [2.24, 2.45) is 0 Å². The minimum absolute atomic E-state index is 0.00427. The zero-order valence-corrected chi connectivity index (χ0v) is 55.2. The van der Waals surface area contributed by atoms with E-state index in [0.29, 0.717) is 0 Å². The molecule has 0 spiro atoms. The number of carboxylic acid groups (broad SMARTS) is 6. The van der Waals surface area contributed by atoms with Gasteiger partial charge in [-0.1, -0.05) is 57.2 Å². The summed E-state index contributed by atoms with van der Waals surface area (Å²) < 4.78 is 138. The summed E-state index contributed by atoms with van der Waals surface area (Å²) >= 11 is 0. The normalized spacial score (nSPS) is 12.6. The summed E-state index contributed by atoms with van der Waals surface area (Å²) in [5, 5.41) is 50.5. The van der Waals surface area contributed by atoms with Gasteiger partial charge < -0.3 is 30.6 Å². The van der Waals surface area contributed by atoms with Gasteiger partial charge in [-0.05, 0) is 128 Å². The second kappa shape index (κ2) is 34.8. The van der Waals surface area contributed by atoms with E-state index < -0.39 is 142 Å². The van der Waals surface area contributed by atoms with Crippen LogP contribution < -0.4 is 0 Å². The van der Waals surface area contributed by atoms with E-state index in [9.17, 15) is 79.3 Å². The first kappa shape index (κ1) is 79.6. The first-order chi connectivity index (χ1) is 42.4. The van der Waals surface area contributed by atoms with Gasteiger partial charge in [-0.2, -0.15) is 0 Å². The number of aliphatic carboxylic acids is 6. The quantitative estimate of drug-likeness (QED) is 0.0494. The Balaban J connectivity index is 0.000000377. The predicted molar refractivity (Wildman–Crippen MR) is 329 cm³/mol. The van der Waals surface area contributed by atoms with E-state index in [-0.39, 0.29) is 66.9 Å². The third-order valence-electron chi connectivity index (χ3n) is 12.3. The van der Waals surface area contributed by atoms with Crippen molar-refractivity contribution in [2.75, 3.05) is 28.8 Å². The highest BCUT2D eigenvalue weighted by atomic mass is 32.2. The molecule has 1 saturated carbocycles. The molecule has 5 aromatic heterocycles. The number of sulfone groups is 6. The lowest BCUT2D eigenvalue weighted by Gasteiger charge is -2.18. The van der Waals surface area contributed by atoms with Gasteiger partial charge in [-0.15, -0.1) is 0 Å². The lowest BCUT2D eigenvalue weighted by Crippen LogP contribution is -2.32. The van der Waals surface area contributed by atoms with Crippen LogP contribution in [0.4, 0.5) is 0 Å². The number of rotatable bonds is 23. The monoisotopic (exact) mass is 1400 g/mol. The van der Waals surface area contributed by atoms with Gasteiger partial charge in [-0.25, -0.2) is 75.4 Å². The van der Waals surface area contributed by atoms with Crippen LogP contribution in [0.25, 0.3) is 0 Å². The minimum Gasteiger partial charge on any atom is -0.481 e. The molecule has 7 rings (SSSR count). The zero-order valence-electron chi connectivity index (χ0n) is 50.3. The third kappa shape index (κ3) is 26.7. The number of pyridine rings is 5. The van der Waals surface area contributed by atoms with Crippen molar-refractivity contribution in [3.8, 4) is 0 Å². The number of hydrogen-bond donors (Lipinski definition) is 6. The Hall–Kier alpha value is -8.51. The van der Waals surface area contributed by atoms with Crippen molar-refractivity contribution >= 4 is 94.8 Å². The van der Waals surface area contributed by atoms with Crippen LogP contribution in [0.3, 0.4) is 0 Å². The maximum Gasteiger partial charge on any atom is 0.325 e. The number of carboxylic acids is 6.